The van der Waals surface area contributed by atoms with Gasteiger partial charge in [-0.25, -0.2) is 0 Å². The van der Waals surface area contributed by atoms with Gasteiger partial charge in [-0.1, -0.05) is 24.3 Å². The summed E-state index contributed by atoms with van der Waals surface area (Å²) < 4.78 is 0. The van der Waals surface area contributed by atoms with E-state index in [1.807, 2.05) is 36.4 Å². The minimum absolute atomic E-state index is 0.00828. The van der Waals surface area contributed by atoms with Gasteiger partial charge in [-0.3, -0.25) is 14.6 Å². The summed E-state index contributed by atoms with van der Waals surface area (Å²) in [5, 5.41) is 4.07. The van der Waals surface area contributed by atoms with Crippen LogP contribution in [0.3, 0.4) is 0 Å². The van der Waals surface area contributed by atoms with Gasteiger partial charge >= 0.3 is 0 Å². The highest BCUT2D eigenvalue weighted by Crippen LogP contribution is 2.18. The molecule has 23 heavy (non-hydrogen) atoms. The van der Waals surface area contributed by atoms with Crippen molar-refractivity contribution < 1.29 is 9.59 Å². The van der Waals surface area contributed by atoms with Crippen LogP contribution >= 0.6 is 0 Å². The van der Waals surface area contributed by atoms with Gasteiger partial charge in [0.25, 0.3) is 0 Å². The number of amides is 2. The lowest BCUT2D eigenvalue weighted by Crippen LogP contribution is -2.42. The molecular formula is C18H21N3O2. The van der Waals surface area contributed by atoms with Crippen LogP contribution in [-0.4, -0.2) is 34.8 Å². The number of nitrogens with one attached hydrogen (secondary N) is 1. The fourth-order valence-electron chi connectivity index (χ4n) is 2.99. The molecule has 5 nitrogen and oxygen atoms in total. The summed E-state index contributed by atoms with van der Waals surface area (Å²) in [6.45, 7) is 3.35. The third-order valence-corrected chi connectivity index (χ3v) is 4.41. The first kappa shape index (κ1) is 15.5. The summed E-state index contributed by atoms with van der Waals surface area (Å²) in [6.07, 6.45) is 1.47. The van der Waals surface area contributed by atoms with Gasteiger partial charge in [-0.15, -0.1) is 0 Å². The summed E-state index contributed by atoms with van der Waals surface area (Å²) in [4.78, 5) is 29.9. The van der Waals surface area contributed by atoms with Crippen LogP contribution in [0, 0.1) is 5.92 Å². The quantitative estimate of drug-likeness (QED) is 0.944. The Balaban J connectivity index is 1.55. The number of nitrogens with zero attached hydrogens (tertiary/aromatic N) is 2. The molecule has 1 aliphatic heterocycles. The Morgan fingerprint density at radius 2 is 1.91 bits per heavy atom. The molecule has 0 unspecified atom stereocenters. The second kappa shape index (κ2) is 6.77. The van der Waals surface area contributed by atoms with Crippen molar-refractivity contribution in [3.05, 3.63) is 42.1 Å². The zero-order valence-electron chi connectivity index (χ0n) is 13.3. The van der Waals surface area contributed by atoms with Crippen LogP contribution in [0.4, 0.5) is 0 Å². The van der Waals surface area contributed by atoms with Crippen LogP contribution in [-0.2, 0) is 16.1 Å². The van der Waals surface area contributed by atoms with E-state index in [1.54, 1.807) is 11.8 Å². The molecule has 120 valence electrons. The Bertz CT molecular complexity index is 721. The fourth-order valence-corrected chi connectivity index (χ4v) is 2.99. The second-order valence-corrected chi connectivity index (χ2v) is 5.99. The number of aromatic nitrogens is 1. The van der Waals surface area contributed by atoms with Crippen LogP contribution < -0.4 is 5.32 Å². The van der Waals surface area contributed by atoms with E-state index in [9.17, 15) is 9.59 Å². The maximum Gasteiger partial charge on any atom is 0.223 e. The number of carbonyl (C=O) groups is 2. The molecule has 1 fully saturated rings. The molecule has 1 aliphatic rings. The van der Waals surface area contributed by atoms with Crippen molar-refractivity contribution in [2.24, 2.45) is 5.92 Å². The summed E-state index contributed by atoms with van der Waals surface area (Å²) in [5.74, 6) is 0.137. The van der Waals surface area contributed by atoms with Crippen molar-refractivity contribution in [3.63, 3.8) is 0 Å². The average Bonchev–Trinajstić information content (AvgIpc) is 2.59. The van der Waals surface area contributed by atoms with Crippen LogP contribution in [0.1, 0.15) is 25.5 Å². The van der Waals surface area contributed by atoms with E-state index in [1.165, 1.54) is 0 Å². The molecule has 1 N–H and O–H groups in total. The standard InChI is InChI=1S/C18H21N3O2/c1-13(22)21-10-8-15(9-11-21)18(23)19-12-16-7-6-14-4-2-3-5-17(14)20-16/h2-7,15H,8-12H2,1H3,(H,19,23). The maximum atomic E-state index is 12.3. The zero-order valence-corrected chi connectivity index (χ0v) is 13.3. The molecule has 2 heterocycles. The predicted molar refractivity (Wildman–Crippen MR) is 88.6 cm³/mol. The third-order valence-electron chi connectivity index (χ3n) is 4.41. The van der Waals surface area contributed by atoms with Crippen LogP contribution in [0.25, 0.3) is 10.9 Å². The SMILES string of the molecule is CC(=O)N1CCC(C(=O)NCc2ccc3ccccc3n2)CC1. The number of benzene rings is 1. The molecule has 5 heteroatoms. The minimum Gasteiger partial charge on any atom is -0.350 e. The number of hydrogen-bond donors (Lipinski definition) is 1. The largest absolute Gasteiger partial charge is 0.350 e. The fraction of sp³-hybridized carbons (Fsp3) is 0.389. The number of hydrogen-bond acceptors (Lipinski definition) is 3. The highest BCUT2D eigenvalue weighted by molar-refractivity contribution is 5.80. The lowest BCUT2D eigenvalue weighted by atomic mass is 9.96. The Hall–Kier alpha value is -2.43. The molecule has 0 atom stereocenters. The Morgan fingerprint density at radius 1 is 1.17 bits per heavy atom. The lowest BCUT2D eigenvalue weighted by Gasteiger charge is -2.30. The summed E-state index contributed by atoms with van der Waals surface area (Å²) in [5.41, 5.74) is 1.80. The summed E-state index contributed by atoms with van der Waals surface area (Å²) in [7, 11) is 0. The number of fused-ring (bicyclic) bond motifs is 1. The van der Waals surface area contributed by atoms with Gasteiger partial charge in [0.2, 0.25) is 11.8 Å². The van der Waals surface area contributed by atoms with Crippen LogP contribution in [0.2, 0.25) is 0 Å². The molecule has 0 spiro atoms. The molecule has 0 bridgehead atoms. The van der Waals surface area contributed by atoms with Crippen molar-refractivity contribution in [1.29, 1.82) is 0 Å². The number of para-hydroxylation sites is 1. The average molecular weight is 311 g/mol. The second-order valence-electron chi connectivity index (χ2n) is 5.99. The molecule has 2 aromatic rings. The van der Waals surface area contributed by atoms with Crippen molar-refractivity contribution in [1.82, 2.24) is 15.2 Å². The monoisotopic (exact) mass is 311 g/mol. The van der Waals surface area contributed by atoms with E-state index in [2.05, 4.69) is 10.3 Å². The Labute approximate surface area is 135 Å². The van der Waals surface area contributed by atoms with E-state index < -0.39 is 0 Å². The van der Waals surface area contributed by atoms with E-state index in [4.69, 9.17) is 0 Å². The highest BCUT2D eigenvalue weighted by atomic mass is 16.2. The Morgan fingerprint density at radius 3 is 2.65 bits per heavy atom. The van der Waals surface area contributed by atoms with E-state index >= 15 is 0 Å². The van der Waals surface area contributed by atoms with E-state index in [0.29, 0.717) is 19.6 Å². The number of likely N-dealkylation sites (tertiary alicyclic amines) is 1. The topological polar surface area (TPSA) is 62.3 Å². The molecule has 0 saturated carbocycles. The van der Waals surface area contributed by atoms with Gasteiger partial charge in [-0.05, 0) is 25.0 Å². The molecular weight excluding hydrogens is 290 g/mol. The molecule has 1 saturated heterocycles. The van der Waals surface area contributed by atoms with Gasteiger partial charge in [0, 0.05) is 31.3 Å². The first-order valence-electron chi connectivity index (χ1n) is 8.01. The predicted octanol–water partition coefficient (Wildman–Crippen LogP) is 2.11. The molecule has 0 radical (unpaired) electrons. The van der Waals surface area contributed by atoms with Crippen molar-refractivity contribution >= 4 is 22.7 Å². The van der Waals surface area contributed by atoms with Crippen molar-refractivity contribution in [2.45, 2.75) is 26.3 Å². The van der Waals surface area contributed by atoms with Gasteiger partial charge in [0.15, 0.2) is 0 Å². The molecule has 3 rings (SSSR count). The number of piperidine rings is 1. The van der Waals surface area contributed by atoms with Crippen LogP contribution in [0.15, 0.2) is 36.4 Å². The first-order valence-corrected chi connectivity index (χ1v) is 8.01. The van der Waals surface area contributed by atoms with Crippen molar-refractivity contribution in [2.75, 3.05) is 13.1 Å². The van der Waals surface area contributed by atoms with Crippen LogP contribution in [0.5, 0.6) is 0 Å². The molecule has 1 aromatic carbocycles. The molecule has 1 aromatic heterocycles. The van der Waals surface area contributed by atoms with E-state index in [0.717, 1.165) is 29.4 Å². The highest BCUT2D eigenvalue weighted by Gasteiger charge is 2.25. The first-order chi connectivity index (χ1) is 11.1. The minimum atomic E-state index is -0.00828. The third kappa shape index (κ3) is 3.67. The van der Waals surface area contributed by atoms with Gasteiger partial charge in [-0.2, -0.15) is 0 Å². The van der Waals surface area contributed by atoms with Gasteiger partial charge < -0.3 is 10.2 Å². The van der Waals surface area contributed by atoms with Gasteiger partial charge in [0.05, 0.1) is 17.8 Å². The summed E-state index contributed by atoms with van der Waals surface area (Å²) in [6, 6.07) is 11.9. The molecule has 2 amide bonds. The van der Waals surface area contributed by atoms with Gasteiger partial charge in [0.1, 0.15) is 0 Å². The summed E-state index contributed by atoms with van der Waals surface area (Å²) >= 11 is 0. The number of pyridine rings is 1. The normalized spacial score (nSPS) is 15.6. The number of carbonyl (C=O) groups excluding carboxylic acids is 2. The van der Waals surface area contributed by atoms with Crippen molar-refractivity contribution in [3.8, 4) is 0 Å². The maximum absolute atomic E-state index is 12.3. The van der Waals surface area contributed by atoms with E-state index in [-0.39, 0.29) is 17.7 Å². The molecule has 0 aliphatic carbocycles. The smallest absolute Gasteiger partial charge is 0.223 e. The lowest BCUT2D eigenvalue weighted by molar-refractivity contribution is -0.134. The number of rotatable bonds is 3. The Kier molecular flexibility index (Phi) is 4.55. The zero-order chi connectivity index (χ0) is 16.2.